The highest BCUT2D eigenvalue weighted by molar-refractivity contribution is 7.92. The minimum absolute atomic E-state index is 0.00111. The van der Waals surface area contributed by atoms with E-state index in [0.29, 0.717) is 31.2 Å². The molecule has 2 atom stereocenters. The van der Waals surface area contributed by atoms with Crippen LogP contribution in [-0.2, 0) is 25.5 Å². The average Bonchev–Trinajstić information content (AvgIpc) is 3.71. The van der Waals surface area contributed by atoms with Gasteiger partial charge in [-0.2, -0.15) is 18.4 Å². The molecule has 1 saturated heterocycles. The smallest absolute Gasteiger partial charge is 0.417 e. The van der Waals surface area contributed by atoms with E-state index in [0.717, 1.165) is 29.9 Å². The second-order valence-electron chi connectivity index (χ2n) is 10.6. The molecule has 2 amide bonds. The number of ether oxygens (including phenoxy) is 1. The standard InChI is InChI=1S/C24H26F3N3O5S/c1-22(6-7-22)20(31)30-12-16(11-19(30)35-21(32)29-23(13-28)8-9-23)36(33,34)18-5-4-15(14-2-3-14)10-17(18)24(25,26)27/h4-5,10,14,16,19H,2-3,6-9,11-12H2,1H3,(H,29,32)/t16-,19+/m1/s1. The maximum Gasteiger partial charge on any atom is 0.417 e. The fourth-order valence-corrected chi connectivity index (χ4v) is 6.54. The van der Waals surface area contributed by atoms with Gasteiger partial charge in [-0.1, -0.05) is 13.0 Å². The Hall–Kier alpha value is -2.81. The van der Waals surface area contributed by atoms with Crippen LogP contribution in [0.1, 0.15) is 68.9 Å². The van der Waals surface area contributed by atoms with Gasteiger partial charge in [-0.3, -0.25) is 4.79 Å². The zero-order chi connectivity index (χ0) is 26.1. The van der Waals surface area contributed by atoms with E-state index in [1.54, 1.807) is 6.92 Å². The molecule has 5 rings (SSSR count). The number of nitriles is 1. The number of carbonyl (C=O) groups excluding carboxylic acids is 2. The summed E-state index contributed by atoms with van der Waals surface area (Å²) in [5.74, 6) is -0.402. The molecule has 0 unspecified atom stereocenters. The Morgan fingerprint density at radius 2 is 1.86 bits per heavy atom. The Labute approximate surface area is 206 Å². The number of halogens is 3. The number of hydrogen-bond donors (Lipinski definition) is 1. The van der Waals surface area contributed by atoms with Crippen LogP contribution in [0.15, 0.2) is 23.1 Å². The molecule has 0 aromatic heterocycles. The van der Waals surface area contributed by atoms with Gasteiger partial charge < -0.3 is 15.0 Å². The summed E-state index contributed by atoms with van der Waals surface area (Å²) < 4.78 is 74.1. The third-order valence-electron chi connectivity index (χ3n) is 7.64. The van der Waals surface area contributed by atoms with Crippen molar-refractivity contribution >= 4 is 21.8 Å². The zero-order valence-electron chi connectivity index (χ0n) is 19.6. The molecule has 0 radical (unpaired) electrons. The number of nitrogens with one attached hydrogen (secondary N) is 1. The van der Waals surface area contributed by atoms with Gasteiger partial charge in [0, 0.05) is 18.4 Å². The predicted molar refractivity (Wildman–Crippen MR) is 119 cm³/mol. The lowest BCUT2D eigenvalue weighted by Crippen LogP contribution is -2.45. The fraction of sp³-hybridized carbons (Fsp3) is 0.625. The quantitative estimate of drug-likeness (QED) is 0.603. The van der Waals surface area contributed by atoms with Gasteiger partial charge in [0.05, 0.1) is 21.8 Å². The molecule has 12 heteroatoms. The van der Waals surface area contributed by atoms with E-state index < -0.39 is 60.9 Å². The first kappa shape index (κ1) is 24.9. The van der Waals surface area contributed by atoms with E-state index in [1.807, 2.05) is 6.07 Å². The van der Waals surface area contributed by atoms with Crippen molar-refractivity contribution in [3.05, 3.63) is 29.3 Å². The second kappa shape index (κ2) is 8.10. The maximum atomic E-state index is 13.9. The van der Waals surface area contributed by atoms with Crippen LogP contribution in [-0.4, -0.2) is 48.9 Å². The first-order valence-electron chi connectivity index (χ1n) is 11.9. The molecule has 0 bridgehead atoms. The molecule has 4 aliphatic rings. The Bertz CT molecular complexity index is 1260. The summed E-state index contributed by atoms with van der Waals surface area (Å²) in [6.45, 7) is 1.32. The summed E-state index contributed by atoms with van der Waals surface area (Å²) in [6, 6.07) is 5.30. The third-order valence-corrected chi connectivity index (χ3v) is 9.83. The van der Waals surface area contributed by atoms with Crippen LogP contribution in [0.5, 0.6) is 0 Å². The van der Waals surface area contributed by atoms with Gasteiger partial charge in [-0.05, 0) is 62.1 Å². The average molecular weight is 526 g/mol. The molecule has 36 heavy (non-hydrogen) atoms. The van der Waals surface area contributed by atoms with E-state index in [1.165, 1.54) is 6.07 Å². The number of benzene rings is 1. The second-order valence-corrected chi connectivity index (χ2v) is 12.8. The van der Waals surface area contributed by atoms with Crippen LogP contribution in [0.3, 0.4) is 0 Å². The van der Waals surface area contributed by atoms with Crippen molar-refractivity contribution in [2.24, 2.45) is 5.41 Å². The zero-order valence-corrected chi connectivity index (χ0v) is 20.4. The molecule has 1 N–H and O–H groups in total. The van der Waals surface area contributed by atoms with Crippen molar-refractivity contribution in [2.75, 3.05) is 6.54 Å². The number of alkyl halides is 3. The highest BCUT2D eigenvalue weighted by Crippen LogP contribution is 2.49. The minimum Gasteiger partial charge on any atom is -0.425 e. The normalized spacial score (nSPS) is 26.1. The molecule has 8 nitrogen and oxygen atoms in total. The summed E-state index contributed by atoms with van der Waals surface area (Å²) in [6.07, 6.45) is -3.92. The number of nitrogens with zero attached hydrogens (tertiary/aromatic N) is 2. The fourth-order valence-electron chi connectivity index (χ4n) is 4.67. The van der Waals surface area contributed by atoms with Gasteiger partial charge in [0.25, 0.3) is 0 Å². The van der Waals surface area contributed by atoms with Crippen LogP contribution in [0.2, 0.25) is 0 Å². The lowest BCUT2D eigenvalue weighted by atomic mass is 10.1. The van der Waals surface area contributed by atoms with Crippen LogP contribution < -0.4 is 5.32 Å². The molecule has 1 aromatic rings. The van der Waals surface area contributed by atoms with E-state index >= 15 is 0 Å². The Morgan fingerprint density at radius 1 is 1.19 bits per heavy atom. The molecule has 1 aromatic carbocycles. The number of rotatable bonds is 6. The maximum absolute atomic E-state index is 13.9. The van der Waals surface area contributed by atoms with Gasteiger partial charge in [-0.15, -0.1) is 0 Å². The number of alkyl carbamates (subject to hydrolysis) is 1. The molecule has 3 saturated carbocycles. The monoisotopic (exact) mass is 525 g/mol. The molecule has 1 heterocycles. The summed E-state index contributed by atoms with van der Waals surface area (Å²) in [4.78, 5) is 25.9. The van der Waals surface area contributed by atoms with E-state index in [-0.39, 0.29) is 18.9 Å². The van der Waals surface area contributed by atoms with Gasteiger partial charge in [0.15, 0.2) is 16.1 Å². The van der Waals surface area contributed by atoms with Gasteiger partial charge >= 0.3 is 12.3 Å². The molecule has 1 aliphatic heterocycles. The van der Waals surface area contributed by atoms with Crippen molar-refractivity contribution in [1.29, 1.82) is 5.26 Å². The van der Waals surface area contributed by atoms with Crippen LogP contribution in [0.25, 0.3) is 0 Å². The molecular formula is C24H26F3N3O5S. The van der Waals surface area contributed by atoms with Crippen molar-refractivity contribution in [3.63, 3.8) is 0 Å². The minimum atomic E-state index is -4.88. The summed E-state index contributed by atoms with van der Waals surface area (Å²) in [5, 5.41) is 10.2. The lowest BCUT2D eigenvalue weighted by molar-refractivity contribution is -0.143. The van der Waals surface area contributed by atoms with Crippen molar-refractivity contribution in [2.45, 2.75) is 85.9 Å². The largest absolute Gasteiger partial charge is 0.425 e. The Kier molecular flexibility index (Phi) is 5.59. The van der Waals surface area contributed by atoms with Gasteiger partial charge in [0.1, 0.15) is 5.54 Å². The summed E-state index contributed by atoms with van der Waals surface area (Å²) >= 11 is 0. The number of hydrogen-bond acceptors (Lipinski definition) is 6. The van der Waals surface area contributed by atoms with E-state index in [9.17, 15) is 36.4 Å². The topological polar surface area (TPSA) is 117 Å². The van der Waals surface area contributed by atoms with Crippen molar-refractivity contribution < 1.29 is 35.9 Å². The molecule has 0 spiro atoms. The summed E-state index contributed by atoms with van der Waals surface area (Å²) in [7, 11) is -4.54. The SMILES string of the molecule is CC1(C(=O)N2C[C@H](S(=O)(=O)c3ccc(C4CC4)cc3C(F)(F)F)C[C@@H]2OC(=O)NC2(C#N)CC2)CC1. The van der Waals surface area contributed by atoms with Gasteiger partial charge in [0.2, 0.25) is 5.91 Å². The van der Waals surface area contributed by atoms with Crippen LogP contribution >= 0.6 is 0 Å². The highest BCUT2D eigenvalue weighted by Gasteiger charge is 2.54. The number of amides is 2. The number of carbonyl (C=O) groups is 2. The van der Waals surface area contributed by atoms with Crippen molar-refractivity contribution in [1.82, 2.24) is 10.2 Å². The first-order chi connectivity index (χ1) is 16.8. The Balaban J connectivity index is 1.43. The molecule has 4 fully saturated rings. The van der Waals surface area contributed by atoms with Crippen LogP contribution in [0.4, 0.5) is 18.0 Å². The van der Waals surface area contributed by atoms with E-state index in [2.05, 4.69) is 5.32 Å². The molecule has 194 valence electrons. The molecular weight excluding hydrogens is 499 g/mol. The van der Waals surface area contributed by atoms with Crippen LogP contribution in [0, 0.1) is 16.7 Å². The summed E-state index contributed by atoms with van der Waals surface area (Å²) in [5.41, 5.74) is -2.52. The van der Waals surface area contributed by atoms with Gasteiger partial charge in [-0.25, -0.2) is 13.2 Å². The Morgan fingerprint density at radius 3 is 2.39 bits per heavy atom. The third kappa shape index (κ3) is 4.53. The van der Waals surface area contributed by atoms with Crippen molar-refractivity contribution in [3.8, 4) is 6.07 Å². The predicted octanol–water partition coefficient (Wildman–Crippen LogP) is 3.87. The lowest BCUT2D eigenvalue weighted by Gasteiger charge is -2.27. The number of likely N-dealkylation sites (tertiary alicyclic amines) is 1. The first-order valence-corrected chi connectivity index (χ1v) is 13.5. The highest BCUT2D eigenvalue weighted by atomic mass is 32.2. The van der Waals surface area contributed by atoms with E-state index in [4.69, 9.17) is 4.74 Å². The molecule has 3 aliphatic carbocycles. The number of sulfone groups is 1.